The molecule has 3 unspecified atom stereocenters. The number of carbonyl (C=O) groups excluding carboxylic acids is 1. The largest absolute Gasteiger partial charge is 0.387 e. The maximum atomic E-state index is 12.4. The molecular weight excluding hydrogens is 488 g/mol. The number of nitrogens with zero attached hydrogens (tertiary/aromatic N) is 2. The van der Waals surface area contributed by atoms with Crippen molar-refractivity contribution in [3.63, 3.8) is 0 Å². The highest BCUT2D eigenvalue weighted by atomic mass is 16.6. The van der Waals surface area contributed by atoms with Crippen molar-refractivity contribution < 1.29 is 19.7 Å². The van der Waals surface area contributed by atoms with E-state index in [2.05, 4.69) is 47.4 Å². The molecule has 1 aromatic rings. The highest BCUT2D eigenvalue weighted by Crippen LogP contribution is 2.29. The Morgan fingerprint density at radius 2 is 1.92 bits per heavy atom. The summed E-state index contributed by atoms with van der Waals surface area (Å²) in [7, 11) is 1.94. The number of fused-ring (bicyclic) bond motifs is 1. The molecule has 4 rings (SSSR count). The van der Waals surface area contributed by atoms with Gasteiger partial charge in [-0.15, -0.1) is 0 Å². The number of ether oxygens (including phenoxy) is 1. The molecule has 3 aliphatic rings. The fourth-order valence-corrected chi connectivity index (χ4v) is 5.33. The molecule has 38 heavy (non-hydrogen) atoms. The third-order valence-electron chi connectivity index (χ3n) is 7.73. The van der Waals surface area contributed by atoms with Crippen LogP contribution in [0.25, 0.3) is 0 Å². The number of aliphatic hydroxyl groups is 2. The molecule has 12 heteroatoms. The molecule has 3 saturated heterocycles. The van der Waals surface area contributed by atoms with Crippen LogP contribution in [0.5, 0.6) is 0 Å². The molecule has 3 heterocycles. The standard InChI is InChI=1S/C26H46N8O4/c1-15(31-25(37)32-17-8-6-16(7-9-17)26(2,3)4)10-11-33(5)12-18-20(35)21(36)24(38-18)34-14-30-19-22(27)28-13-29-23(19)34/h6-9,15,18-24,28-30,35-36H,10-14,27H2,1-5H3,(H2,31,32,37)/t15-,18+,19?,20+,21+,22?,23?,24+/m0/s1. The highest BCUT2D eigenvalue weighted by molar-refractivity contribution is 5.89. The van der Waals surface area contributed by atoms with Gasteiger partial charge in [0.15, 0.2) is 0 Å². The number of amides is 2. The van der Waals surface area contributed by atoms with Gasteiger partial charge < -0.3 is 36.2 Å². The van der Waals surface area contributed by atoms with Crippen molar-refractivity contribution in [1.29, 1.82) is 0 Å². The zero-order chi connectivity index (χ0) is 27.6. The number of nitrogens with one attached hydrogen (secondary N) is 5. The van der Waals surface area contributed by atoms with Crippen molar-refractivity contribution in [3.8, 4) is 0 Å². The quantitative estimate of drug-likeness (QED) is 0.213. The van der Waals surface area contributed by atoms with Gasteiger partial charge in [0.25, 0.3) is 0 Å². The summed E-state index contributed by atoms with van der Waals surface area (Å²) >= 11 is 0. The van der Waals surface area contributed by atoms with E-state index in [1.165, 1.54) is 5.56 Å². The van der Waals surface area contributed by atoms with Crippen LogP contribution in [0.1, 0.15) is 39.7 Å². The molecule has 3 fully saturated rings. The molecule has 9 N–H and O–H groups in total. The van der Waals surface area contributed by atoms with Gasteiger partial charge in [0.1, 0.15) is 24.5 Å². The molecule has 3 aliphatic heterocycles. The Hall–Kier alpha value is -1.87. The Morgan fingerprint density at radius 1 is 1.21 bits per heavy atom. The van der Waals surface area contributed by atoms with Gasteiger partial charge in [-0.25, -0.2) is 9.69 Å². The van der Waals surface area contributed by atoms with Crippen LogP contribution >= 0.6 is 0 Å². The van der Waals surface area contributed by atoms with Crippen molar-refractivity contribution >= 4 is 11.7 Å². The van der Waals surface area contributed by atoms with Gasteiger partial charge in [0.2, 0.25) is 0 Å². The summed E-state index contributed by atoms with van der Waals surface area (Å²) in [6, 6.07) is 7.58. The van der Waals surface area contributed by atoms with Crippen molar-refractivity contribution in [2.45, 2.75) is 88.5 Å². The van der Waals surface area contributed by atoms with E-state index in [9.17, 15) is 15.0 Å². The number of nitrogens with two attached hydrogens (primary N) is 1. The van der Waals surface area contributed by atoms with Crippen molar-refractivity contribution in [1.82, 2.24) is 31.1 Å². The molecule has 0 saturated carbocycles. The minimum atomic E-state index is -1.02. The third-order valence-corrected chi connectivity index (χ3v) is 7.73. The third kappa shape index (κ3) is 6.82. The van der Waals surface area contributed by atoms with Gasteiger partial charge in [-0.3, -0.25) is 16.0 Å². The number of aliphatic hydroxyl groups excluding tert-OH is 2. The van der Waals surface area contributed by atoms with Crippen LogP contribution < -0.4 is 32.3 Å². The molecule has 0 spiro atoms. The van der Waals surface area contributed by atoms with E-state index in [4.69, 9.17) is 10.5 Å². The SMILES string of the molecule is C[C@@H](CCN(C)C[C@H]1O[C@@H](N2CNC3C(N)NCNC32)[C@H](O)[C@@H]1O)NC(=O)Nc1ccc(C(C)(C)C)cc1. The number of urea groups is 1. The lowest BCUT2D eigenvalue weighted by Crippen LogP contribution is -2.68. The number of carbonyl (C=O) groups is 1. The average molecular weight is 535 g/mol. The molecule has 0 radical (unpaired) electrons. The second-order valence-electron chi connectivity index (χ2n) is 11.9. The first-order chi connectivity index (χ1) is 17.9. The van der Waals surface area contributed by atoms with Gasteiger partial charge in [-0.05, 0) is 50.0 Å². The van der Waals surface area contributed by atoms with Crippen LogP contribution in [0.2, 0.25) is 0 Å². The Bertz CT molecular complexity index is 929. The predicted molar refractivity (Wildman–Crippen MR) is 146 cm³/mol. The minimum absolute atomic E-state index is 0.0209. The summed E-state index contributed by atoms with van der Waals surface area (Å²) in [6.45, 7) is 10.6. The predicted octanol–water partition coefficient (Wildman–Crippen LogP) is -0.745. The Balaban J connectivity index is 1.20. The summed E-state index contributed by atoms with van der Waals surface area (Å²) in [5.74, 6) is 0. The monoisotopic (exact) mass is 534 g/mol. The second-order valence-corrected chi connectivity index (χ2v) is 11.9. The van der Waals surface area contributed by atoms with E-state index in [0.717, 1.165) is 12.1 Å². The zero-order valence-corrected chi connectivity index (χ0v) is 23.1. The summed E-state index contributed by atoms with van der Waals surface area (Å²) in [5.41, 5.74) is 8.18. The number of anilines is 1. The molecule has 1 aromatic carbocycles. The Labute approximate surface area is 225 Å². The maximum absolute atomic E-state index is 12.4. The number of hydrogen-bond acceptors (Lipinski definition) is 10. The minimum Gasteiger partial charge on any atom is -0.387 e. The van der Waals surface area contributed by atoms with E-state index >= 15 is 0 Å². The van der Waals surface area contributed by atoms with Crippen LogP contribution in [0, 0.1) is 0 Å². The normalized spacial score (nSPS) is 32.8. The second kappa shape index (κ2) is 12.1. The summed E-state index contributed by atoms with van der Waals surface area (Å²) in [6.07, 6.45) is -2.77. The maximum Gasteiger partial charge on any atom is 0.319 e. The first kappa shape index (κ1) is 29.1. The fourth-order valence-electron chi connectivity index (χ4n) is 5.33. The topological polar surface area (TPSA) is 159 Å². The number of rotatable bonds is 8. The van der Waals surface area contributed by atoms with Crippen LogP contribution in [0.3, 0.4) is 0 Å². The van der Waals surface area contributed by atoms with E-state index in [1.807, 2.05) is 48.0 Å². The van der Waals surface area contributed by atoms with Gasteiger partial charge in [0.05, 0.1) is 25.0 Å². The molecule has 0 aliphatic carbocycles. The van der Waals surface area contributed by atoms with E-state index in [0.29, 0.717) is 26.4 Å². The molecule has 2 amide bonds. The average Bonchev–Trinajstić information content (AvgIpc) is 3.40. The fraction of sp³-hybridized carbons (Fsp3) is 0.731. The molecule has 12 nitrogen and oxygen atoms in total. The van der Waals surface area contributed by atoms with Crippen LogP contribution in [0.15, 0.2) is 24.3 Å². The number of benzene rings is 1. The first-order valence-corrected chi connectivity index (χ1v) is 13.5. The highest BCUT2D eigenvalue weighted by Gasteiger charge is 2.51. The van der Waals surface area contributed by atoms with Crippen molar-refractivity contribution in [3.05, 3.63) is 29.8 Å². The van der Waals surface area contributed by atoms with Crippen LogP contribution in [-0.2, 0) is 10.2 Å². The summed E-state index contributed by atoms with van der Waals surface area (Å²) < 4.78 is 6.16. The molecule has 214 valence electrons. The van der Waals surface area contributed by atoms with E-state index in [-0.39, 0.29) is 35.9 Å². The molecule has 0 bridgehead atoms. The molecule has 0 aromatic heterocycles. The lowest BCUT2D eigenvalue weighted by atomic mass is 9.87. The van der Waals surface area contributed by atoms with Crippen molar-refractivity contribution in [2.24, 2.45) is 5.73 Å². The zero-order valence-electron chi connectivity index (χ0n) is 23.1. The van der Waals surface area contributed by atoms with Crippen molar-refractivity contribution in [2.75, 3.05) is 38.8 Å². The van der Waals surface area contributed by atoms with Gasteiger partial charge in [0, 0.05) is 24.9 Å². The summed E-state index contributed by atoms with van der Waals surface area (Å²) in [5, 5.41) is 37.2. The Morgan fingerprint density at radius 3 is 2.61 bits per heavy atom. The molecular formula is C26H46N8O4. The van der Waals surface area contributed by atoms with Gasteiger partial charge in [-0.1, -0.05) is 32.9 Å². The number of likely N-dealkylation sites (N-methyl/N-ethyl adjacent to an activating group) is 1. The first-order valence-electron chi connectivity index (χ1n) is 13.5. The lowest BCUT2D eigenvalue weighted by Gasteiger charge is -2.38. The number of hydrogen-bond donors (Lipinski definition) is 8. The smallest absolute Gasteiger partial charge is 0.319 e. The van der Waals surface area contributed by atoms with Gasteiger partial charge >= 0.3 is 6.03 Å². The van der Waals surface area contributed by atoms with E-state index in [1.54, 1.807) is 0 Å². The van der Waals surface area contributed by atoms with Crippen LogP contribution in [0.4, 0.5) is 10.5 Å². The molecule has 8 atom stereocenters. The van der Waals surface area contributed by atoms with Crippen LogP contribution in [-0.4, -0.2) is 108 Å². The summed E-state index contributed by atoms with van der Waals surface area (Å²) in [4.78, 5) is 16.5. The Kier molecular flexibility index (Phi) is 9.28. The van der Waals surface area contributed by atoms with Gasteiger partial charge in [-0.2, -0.15) is 0 Å². The van der Waals surface area contributed by atoms with E-state index < -0.39 is 24.5 Å². The lowest BCUT2D eigenvalue weighted by molar-refractivity contribution is -0.106.